The number of aromatic nitrogens is 1. The molecule has 0 unspecified atom stereocenters. The summed E-state index contributed by atoms with van der Waals surface area (Å²) in [6.07, 6.45) is 0. The normalized spacial score (nSPS) is 10.9. The Bertz CT molecular complexity index is 1060. The highest BCUT2D eigenvalue weighted by atomic mass is 35.5. The third kappa shape index (κ3) is 5.19. The van der Waals surface area contributed by atoms with E-state index in [1.165, 1.54) is 11.8 Å². The summed E-state index contributed by atoms with van der Waals surface area (Å²) in [5, 5.41) is 1.07. The summed E-state index contributed by atoms with van der Waals surface area (Å²) in [6, 6.07) is 25.3. The Labute approximate surface area is 178 Å². The molecule has 6 heteroatoms. The van der Waals surface area contributed by atoms with Crippen molar-refractivity contribution in [2.75, 3.05) is 5.75 Å². The van der Waals surface area contributed by atoms with Gasteiger partial charge in [-0.1, -0.05) is 84.0 Å². The van der Waals surface area contributed by atoms with Crippen LogP contribution in [-0.2, 0) is 17.9 Å². The summed E-state index contributed by atoms with van der Waals surface area (Å²) >= 11 is 7.30. The van der Waals surface area contributed by atoms with Crippen molar-refractivity contribution in [1.82, 2.24) is 9.88 Å². The Kier molecular flexibility index (Phi) is 6.17. The van der Waals surface area contributed by atoms with Crippen LogP contribution in [0.5, 0.6) is 0 Å². The van der Waals surface area contributed by atoms with Crippen molar-refractivity contribution in [1.29, 1.82) is 0 Å². The minimum Gasteiger partial charge on any atom is -0.431 e. The topological polar surface area (TPSA) is 46.3 Å². The predicted molar refractivity (Wildman–Crippen MR) is 117 cm³/mol. The van der Waals surface area contributed by atoms with E-state index in [1.54, 1.807) is 18.2 Å². The number of benzene rings is 3. The molecular weight excluding hydrogens is 404 g/mol. The van der Waals surface area contributed by atoms with Crippen LogP contribution < -0.4 is 0 Å². The van der Waals surface area contributed by atoms with Crippen molar-refractivity contribution < 1.29 is 9.21 Å². The van der Waals surface area contributed by atoms with Gasteiger partial charge >= 0.3 is 0 Å². The predicted octanol–water partition coefficient (Wildman–Crippen LogP) is 5.80. The van der Waals surface area contributed by atoms with Gasteiger partial charge in [0.25, 0.3) is 5.22 Å². The van der Waals surface area contributed by atoms with Crippen LogP contribution in [-0.4, -0.2) is 21.5 Å². The van der Waals surface area contributed by atoms with Gasteiger partial charge in [-0.2, -0.15) is 0 Å². The minimum absolute atomic E-state index is 0.0306. The fraction of sp³-hybridized carbons (Fsp3) is 0.130. The average molecular weight is 423 g/mol. The zero-order valence-electron chi connectivity index (χ0n) is 15.6. The number of carbonyl (C=O) groups excluding carboxylic acids is 1. The molecule has 146 valence electrons. The molecule has 4 nitrogen and oxygen atoms in total. The molecule has 0 radical (unpaired) electrons. The molecule has 0 bridgehead atoms. The van der Waals surface area contributed by atoms with Crippen LogP contribution in [0.4, 0.5) is 0 Å². The first-order chi connectivity index (χ1) is 14.2. The van der Waals surface area contributed by atoms with Gasteiger partial charge in [0.2, 0.25) is 5.91 Å². The van der Waals surface area contributed by atoms with Crippen LogP contribution in [0.1, 0.15) is 11.1 Å². The van der Waals surface area contributed by atoms with Crippen LogP contribution in [0.25, 0.3) is 11.1 Å². The van der Waals surface area contributed by atoms with Gasteiger partial charge in [0, 0.05) is 18.1 Å². The lowest BCUT2D eigenvalue weighted by molar-refractivity contribution is -0.129. The van der Waals surface area contributed by atoms with Gasteiger partial charge in [-0.05, 0) is 29.3 Å². The smallest absolute Gasteiger partial charge is 0.257 e. The molecular formula is C23H19ClN2O2S. The second-order valence-corrected chi connectivity index (χ2v) is 7.96. The monoisotopic (exact) mass is 422 g/mol. The van der Waals surface area contributed by atoms with E-state index in [0.717, 1.165) is 11.1 Å². The summed E-state index contributed by atoms with van der Waals surface area (Å²) in [4.78, 5) is 19.3. The van der Waals surface area contributed by atoms with E-state index < -0.39 is 0 Å². The van der Waals surface area contributed by atoms with Crippen LogP contribution in [0, 0.1) is 0 Å². The molecule has 0 aliphatic carbocycles. The fourth-order valence-corrected chi connectivity index (χ4v) is 3.90. The third-order valence-corrected chi connectivity index (χ3v) is 5.48. The second-order valence-electron chi connectivity index (χ2n) is 6.60. The maximum Gasteiger partial charge on any atom is 0.257 e. The van der Waals surface area contributed by atoms with E-state index in [4.69, 9.17) is 16.0 Å². The largest absolute Gasteiger partial charge is 0.431 e. The van der Waals surface area contributed by atoms with Gasteiger partial charge < -0.3 is 9.32 Å². The zero-order chi connectivity index (χ0) is 20.1. The van der Waals surface area contributed by atoms with Crippen molar-refractivity contribution in [3.63, 3.8) is 0 Å². The quantitative estimate of drug-likeness (QED) is 0.353. The minimum atomic E-state index is 0.0306. The first-order valence-corrected chi connectivity index (χ1v) is 10.6. The molecule has 1 aromatic heterocycles. The van der Waals surface area contributed by atoms with Crippen LogP contribution in [0.15, 0.2) is 88.5 Å². The lowest BCUT2D eigenvalue weighted by atomic mass is 10.1. The fourth-order valence-electron chi connectivity index (χ4n) is 3.00. The third-order valence-electron chi connectivity index (χ3n) is 4.43. The molecule has 3 aromatic carbocycles. The highest BCUT2D eigenvalue weighted by Crippen LogP contribution is 2.26. The number of fused-ring (bicyclic) bond motifs is 1. The lowest BCUT2D eigenvalue weighted by Crippen LogP contribution is -2.31. The zero-order valence-corrected chi connectivity index (χ0v) is 17.2. The second kappa shape index (κ2) is 9.16. The molecule has 0 spiro atoms. The van der Waals surface area contributed by atoms with Crippen LogP contribution in [0.3, 0.4) is 0 Å². The number of rotatable bonds is 7. The first kappa shape index (κ1) is 19.6. The molecule has 1 heterocycles. The van der Waals surface area contributed by atoms with E-state index in [-0.39, 0.29) is 11.7 Å². The molecule has 0 N–H and O–H groups in total. The summed E-state index contributed by atoms with van der Waals surface area (Å²) < 4.78 is 5.71. The maximum absolute atomic E-state index is 13.0. The molecule has 0 atom stereocenters. The Balaban J connectivity index is 1.47. The van der Waals surface area contributed by atoms with Crippen LogP contribution >= 0.6 is 23.4 Å². The Hall–Kier alpha value is -2.76. The van der Waals surface area contributed by atoms with E-state index >= 15 is 0 Å². The number of nitrogens with zero attached hydrogens (tertiary/aromatic N) is 2. The first-order valence-electron chi connectivity index (χ1n) is 9.22. The van der Waals surface area contributed by atoms with Gasteiger partial charge in [-0.25, -0.2) is 4.98 Å². The number of hydrogen-bond donors (Lipinski definition) is 0. The highest BCUT2D eigenvalue weighted by molar-refractivity contribution is 7.99. The number of hydrogen-bond acceptors (Lipinski definition) is 4. The summed E-state index contributed by atoms with van der Waals surface area (Å²) in [5.41, 5.74) is 3.55. The molecule has 4 aromatic rings. The standard InChI is InChI=1S/C23H19ClN2O2S/c24-19-11-12-21-20(13-19)25-23(28-21)29-16-22(27)26(14-17-7-3-1-4-8-17)15-18-9-5-2-6-10-18/h1-13H,14-16H2. The Morgan fingerprint density at radius 3 is 2.17 bits per heavy atom. The van der Waals surface area contributed by atoms with Crippen molar-refractivity contribution in [3.05, 3.63) is 95.0 Å². The lowest BCUT2D eigenvalue weighted by Gasteiger charge is -2.23. The summed E-state index contributed by atoms with van der Waals surface area (Å²) in [5.74, 6) is 0.281. The number of oxazole rings is 1. The molecule has 4 rings (SSSR count). The average Bonchev–Trinajstić information content (AvgIpc) is 3.15. The van der Waals surface area contributed by atoms with E-state index in [9.17, 15) is 4.79 Å². The Morgan fingerprint density at radius 2 is 1.55 bits per heavy atom. The number of thioether (sulfide) groups is 1. The van der Waals surface area contributed by atoms with E-state index in [2.05, 4.69) is 4.98 Å². The van der Waals surface area contributed by atoms with Gasteiger partial charge in [0.15, 0.2) is 5.58 Å². The van der Waals surface area contributed by atoms with Gasteiger partial charge in [-0.3, -0.25) is 4.79 Å². The van der Waals surface area contributed by atoms with E-state index in [1.807, 2.05) is 65.6 Å². The molecule has 1 amide bonds. The highest BCUT2D eigenvalue weighted by Gasteiger charge is 2.17. The van der Waals surface area contributed by atoms with Gasteiger partial charge in [0.05, 0.1) is 5.75 Å². The molecule has 0 saturated heterocycles. The Morgan fingerprint density at radius 1 is 0.931 bits per heavy atom. The van der Waals surface area contributed by atoms with Gasteiger partial charge in [-0.15, -0.1) is 0 Å². The van der Waals surface area contributed by atoms with Crippen LogP contribution in [0.2, 0.25) is 5.02 Å². The van der Waals surface area contributed by atoms with Gasteiger partial charge in [0.1, 0.15) is 5.52 Å². The molecule has 0 fully saturated rings. The number of halogens is 1. The van der Waals surface area contributed by atoms with E-state index in [0.29, 0.717) is 34.4 Å². The summed E-state index contributed by atoms with van der Waals surface area (Å²) in [7, 11) is 0. The molecule has 0 aliphatic heterocycles. The number of amides is 1. The van der Waals surface area contributed by atoms with Crippen molar-refractivity contribution in [3.8, 4) is 0 Å². The molecule has 0 aliphatic rings. The van der Waals surface area contributed by atoms with Crippen molar-refractivity contribution in [2.45, 2.75) is 18.3 Å². The van der Waals surface area contributed by atoms with Crippen molar-refractivity contribution >= 4 is 40.4 Å². The molecule has 29 heavy (non-hydrogen) atoms. The maximum atomic E-state index is 13.0. The number of carbonyl (C=O) groups is 1. The molecule has 0 saturated carbocycles. The van der Waals surface area contributed by atoms with Crippen molar-refractivity contribution in [2.24, 2.45) is 0 Å². The summed E-state index contributed by atoms with van der Waals surface area (Å²) in [6.45, 7) is 1.11. The SMILES string of the molecule is O=C(CSc1nc2cc(Cl)ccc2o1)N(Cc1ccccc1)Cc1ccccc1.